The quantitative estimate of drug-likeness (QED) is 0.675. The molecule has 4 nitrogen and oxygen atoms in total. The number of hydrogen-bond donors (Lipinski definition) is 0. The Morgan fingerprint density at radius 2 is 1.77 bits per heavy atom. The third kappa shape index (κ3) is 5.61. The number of carbonyl (C=O) groups excluding carboxylic acids is 1. The van der Waals surface area contributed by atoms with Crippen LogP contribution in [-0.4, -0.2) is 32.5 Å². The summed E-state index contributed by atoms with van der Waals surface area (Å²) in [5.74, 6) is -0.466. The van der Waals surface area contributed by atoms with Crippen LogP contribution in [0, 0.1) is 0 Å². The predicted octanol–water partition coefficient (Wildman–Crippen LogP) is 3.59. The Kier molecular flexibility index (Phi) is 7.36. The van der Waals surface area contributed by atoms with Gasteiger partial charge in [0.2, 0.25) is 0 Å². The van der Waals surface area contributed by atoms with Crippen LogP contribution < -0.4 is 0 Å². The minimum Gasteiger partial charge on any atom is -0.465 e. The molecular formula is C16H23ClO4S. The fraction of sp³-hybridized carbons (Fsp3) is 0.562. The molecule has 0 aliphatic heterocycles. The number of halogens is 1. The van der Waals surface area contributed by atoms with E-state index in [1.54, 1.807) is 6.92 Å². The molecule has 22 heavy (non-hydrogen) atoms. The summed E-state index contributed by atoms with van der Waals surface area (Å²) in [6.45, 7) is 3.89. The van der Waals surface area contributed by atoms with Crippen molar-refractivity contribution < 1.29 is 17.9 Å². The molecule has 1 rings (SSSR count). The van der Waals surface area contributed by atoms with Crippen molar-refractivity contribution in [3.8, 4) is 0 Å². The number of benzene rings is 1. The number of ether oxygens (including phenoxy) is 1. The summed E-state index contributed by atoms with van der Waals surface area (Å²) in [5.41, 5.74) is 1.10. The van der Waals surface area contributed by atoms with Crippen LogP contribution in [-0.2, 0) is 19.4 Å². The highest BCUT2D eigenvalue weighted by atomic mass is 35.5. The minimum absolute atomic E-state index is 0.180. The van der Waals surface area contributed by atoms with Crippen molar-refractivity contribution in [1.29, 1.82) is 0 Å². The van der Waals surface area contributed by atoms with Gasteiger partial charge in [-0.05, 0) is 49.8 Å². The predicted molar refractivity (Wildman–Crippen MR) is 89.0 cm³/mol. The van der Waals surface area contributed by atoms with Gasteiger partial charge < -0.3 is 4.74 Å². The van der Waals surface area contributed by atoms with Gasteiger partial charge in [0.05, 0.1) is 6.61 Å². The van der Waals surface area contributed by atoms with Crippen LogP contribution in [0.5, 0.6) is 0 Å². The van der Waals surface area contributed by atoms with E-state index in [4.69, 9.17) is 16.3 Å². The van der Waals surface area contributed by atoms with E-state index in [0.29, 0.717) is 11.4 Å². The van der Waals surface area contributed by atoms with Gasteiger partial charge in [-0.15, -0.1) is 0 Å². The first-order chi connectivity index (χ1) is 10.3. The van der Waals surface area contributed by atoms with Gasteiger partial charge in [-0.25, -0.2) is 8.42 Å². The summed E-state index contributed by atoms with van der Waals surface area (Å²) in [7, 11) is -3.47. The van der Waals surface area contributed by atoms with Crippen LogP contribution in [0.4, 0.5) is 0 Å². The Balaban J connectivity index is 2.81. The Labute approximate surface area is 137 Å². The number of esters is 1. The normalized spacial score (nSPS) is 14.4. The molecule has 124 valence electrons. The Hall–Kier alpha value is -1.07. The molecule has 1 aromatic rings. The molecule has 0 radical (unpaired) electrons. The van der Waals surface area contributed by atoms with Gasteiger partial charge in [0, 0.05) is 11.3 Å². The summed E-state index contributed by atoms with van der Waals surface area (Å²) < 4.78 is 28.5. The van der Waals surface area contributed by atoms with Gasteiger partial charge in [-0.2, -0.15) is 0 Å². The molecule has 0 N–H and O–H groups in total. The molecule has 6 heteroatoms. The van der Waals surface area contributed by atoms with E-state index in [-0.39, 0.29) is 18.9 Å². The van der Waals surface area contributed by atoms with Crippen LogP contribution >= 0.6 is 11.6 Å². The molecule has 0 heterocycles. The third-order valence-electron chi connectivity index (χ3n) is 3.68. The molecule has 2 atom stereocenters. The molecular weight excluding hydrogens is 324 g/mol. The lowest BCUT2D eigenvalue weighted by Gasteiger charge is -2.19. The highest BCUT2D eigenvalue weighted by Gasteiger charge is 2.30. The second kappa shape index (κ2) is 8.53. The van der Waals surface area contributed by atoms with E-state index < -0.39 is 21.1 Å². The summed E-state index contributed by atoms with van der Waals surface area (Å²) in [5, 5.41) is -0.423. The van der Waals surface area contributed by atoms with Gasteiger partial charge in [0.15, 0.2) is 15.1 Å². The van der Waals surface area contributed by atoms with E-state index in [9.17, 15) is 13.2 Å². The van der Waals surface area contributed by atoms with Crippen LogP contribution in [0.15, 0.2) is 24.3 Å². The van der Waals surface area contributed by atoms with Crippen molar-refractivity contribution in [1.82, 2.24) is 0 Å². The monoisotopic (exact) mass is 346 g/mol. The van der Waals surface area contributed by atoms with Gasteiger partial charge in [0.25, 0.3) is 0 Å². The van der Waals surface area contributed by atoms with Crippen molar-refractivity contribution in [2.24, 2.45) is 0 Å². The van der Waals surface area contributed by atoms with Crippen LogP contribution in [0.25, 0.3) is 0 Å². The van der Waals surface area contributed by atoms with Crippen molar-refractivity contribution in [2.45, 2.75) is 44.3 Å². The average Bonchev–Trinajstić information content (AvgIpc) is 2.43. The van der Waals surface area contributed by atoms with Gasteiger partial charge in [-0.3, -0.25) is 4.79 Å². The summed E-state index contributed by atoms with van der Waals surface area (Å²) in [6, 6.07) is 7.52. The highest BCUT2D eigenvalue weighted by molar-refractivity contribution is 7.92. The van der Waals surface area contributed by atoms with E-state index in [0.717, 1.165) is 18.2 Å². The van der Waals surface area contributed by atoms with Crippen molar-refractivity contribution >= 4 is 27.4 Å². The smallest absolute Gasteiger partial charge is 0.324 e. The first kappa shape index (κ1) is 19.0. The van der Waals surface area contributed by atoms with E-state index >= 15 is 0 Å². The fourth-order valence-electron chi connectivity index (χ4n) is 2.44. The summed E-state index contributed by atoms with van der Waals surface area (Å²) >= 11 is 5.88. The zero-order valence-electron chi connectivity index (χ0n) is 13.2. The second-order valence-corrected chi connectivity index (χ2v) is 7.97. The Morgan fingerprint density at radius 1 is 1.18 bits per heavy atom. The van der Waals surface area contributed by atoms with E-state index in [1.165, 1.54) is 0 Å². The van der Waals surface area contributed by atoms with Crippen LogP contribution in [0.3, 0.4) is 0 Å². The third-order valence-corrected chi connectivity index (χ3v) is 5.39. The second-order valence-electron chi connectivity index (χ2n) is 5.30. The number of sulfone groups is 1. The summed E-state index contributed by atoms with van der Waals surface area (Å²) in [4.78, 5) is 11.9. The first-order valence-electron chi connectivity index (χ1n) is 7.40. The Bertz CT molecular complexity index is 581. The number of rotatable bonds is 8. The SMILES string of the molecule is CCOC(=O)C(CCC(CC)c1ccc(Cl)cc1)S(C)(=O)=O. The van der Waals surface area contributed by atoms with Crippen molar-refractivity contribution in [2.75, 3.05) is 12.9 Å². The van der Waals surface area contributed by atoms with Crippen LogP contribution in [0.1, 0.15) is 44.6 Å². The molecule has 0 aliphatic rings. The molecule has 0 spiro atoms. The molecule has 0 saturated heterocycles. The molecule has 0 saturated carbocycles. The van der Waals surface area contributed by atoms with Gasteiger partial charge in [0.1, 0.15) is 0 Å². The lowest BCUT2D eigenvalue weighted by atomic mass is 9.91. The zero-order valence-corrected chi connectivity index (χ0v) is 14.8. The molecule has 0 aliphatic carbocycles. The van der Waals surface area contributed by atoms with Crippen molar-refractivity contribution in [3.05, 3.63) is 34.9 Å². The maximum Gasteiger partial charge on any atom is 0.324 e. The molecule has 0 fully saturated rings. The highest BCUT2D eigenvalue weighted by Crippen LogP contribution is 2.27. The molecule has 0 bridgehead atoms. The van der Waals surface area contributed by atoms with Crippen LogP contribution in [0.2, 0.25) is 5.02 Å². The lowest BCUT2D eigenvalue weighted by Crippen LogP contribution is -2.31. The van der Waals surface area contributed by atoms with E-state index in [2.05, 4.69) is 0 Å². The van der Waals surface area contributed by atoms with E-state index in [1.807, 2.05) is 31.2 Å². The minimum atomic E-state index is -3.47. The van der Waals surface area contributed by atoms with Gasteiger partial charge >= 0.3 is 5.97 Å². The lowest BCUT2D eigenvalue weighted by molar-refractivity contribution is -0.142. The molecule has 0 aromatic heterocycles. The number of carbonyl (C=O) groups is 1. The topological polar surface area (TPSA) is 60.4 Å². The molecule has 1 aromatic carbocycles. The first-order valence-corrected chi connectivity index (χ1v) is 9.73. The van der Waals surface area contributed by atoms with Crippen molar-refractivity contribution in [3.63, 3.8) is 0 Å². The zero-order chi connectivity index (χ0) is 16.8. The molecule has 2 unspecified atom stereocenters. The Morgan fingerprint density at radius 3 is 2.23 bits per heavy atom. The largest absolute Gasteiger partial charge is 0.465 e. The maximum absolute atomic E-state index is 11.9. The summed E-state index contributed by atoms with van der Waals surface area (Å²) in [6.07, 6.45) is 2.81. The fourth-order valence-corrected chi connectivity index (χ4v) is 3.54. The average molecular weight is 347 g/mol. The molecule has 0 amide bonds. The van der Waals surface area contributed by atoms with Gasteiger partial charge in [-0.1, -0.05) is 30.7 Å². The number of hydrogen-bond acceptors (Lipinski definition) is 4. The maximum atomic E-state index is 11.9. The standard InChI is InChI=1S/C16H23ClO4S/c1-4-12(13-6-9-14(17)10-7-13)8-11-15(22(3,19)20)16(18)21-5-2/h6-7,9-10,12,15H,4-5,8,11H2,1-3H3.